The summed E-state index contributed by atoms with van der Waals surface area (Å²) in [7, 11) is 1.96. The lowest BCUT2D eigenvalue weighted by molar-refractivity contribution is 0.566. The second kappa shape index (κ2) is 5.66. The summed E-state index contributed by atoms with van der Waals surface area (Å²) in [5, 5.41) is 7.70. The van der Waals surface area contributed by atoms with Gasteiger partial charge in [0, 0.05) is 24.3 Å². The first-order valence-corrected chi connectivity index (χ1v) is 7.92. The van der Waals surface area contributed by atoms with E-state index in [0.29, 0.717) is 0 Å². The van der Waals surface area contributed by atoms with Gasteiger partial charge in [-0.15, -0.1) is 11.3 Å². The predicted octanol–water partition coefficient (Wildman–Crippen LogP) is 2.98. The van der Waals surface area contributed by atoms with Crippen LogP contribution >= 0.6 is 11.3 Å². The minimum Gasteiger partial charge on any atom is -0.322 e. The van der Waals surface area contributed by atoms with Crippen molar-refractivity contribution in [2.24, 2.45) is 12.8 Å². The van der Waals surface area contributed by atoms with Gasteiger partial charge in [0.25, 0.3) is 0 Å². The zero-order valence-corrected chi connectivity index (χ0v) is 13.8. The van der Waals surface area contributed by atoms with Crippen LogP contribution in [0.1, 0.15) is 55.8 Å². The quantitative estimate of drug-likeness (QED) is 0.942. The first kappa shape index (κ1) is 15.2. The Labute approximate surface area is 125 Å². The third kappa shape index (κ3) is 3.27. The minimum absolute atomic E-state index is 0.0493. The smallest absolute Gasteiger partial charge is 0.0948 e. The zero-order valence-electron chi connectivity index (χ0n) is 13.0. The van der Waals surface area contributed by atoms with Crippen molar-refractivity contribution in [1.82, 2.24) is 14.8 Å². The van der Waals surface area contributed by atoms with Gasteiger partial charge in [0.1, 0.15) is 0 Å². The van der Waals surface area contributed by atoms with Crippen LogP contribution in [0.15, 0.2) is 11.4 Å². The maximum Gasteiger partial charge on any atom is 0.0948 e. The van der Waals surface area contributed by atoms with Crippen molar-refractivity contribution in [3.8, 4) is 0 Å². The first-order valence-electron chi connectivity index (χ1n) is 7.04. The average molecular weight is 292 g/mol. The van der Waals surface area contributed by atoms with Crippen LogP contribution in [0.4, 0.5) is 0 Å². The van der Waals surface area contributed by atoms with Gasteiger partial charge in [-0.2, -0.15) is 5.10 Å². The third-order valence-corrected chi connectivity index (χ3v) is 4.29. The molecular formula is C15H24N4S. The van der Waals surface area contributed by atoms with E-state index in [1.807, 2.05) is 11.7 Å². The molecule has 0 spiro atoms. The second-order valence-corrected chi connectivity index (χ2v) is 7.17. The largest absolute Gasteiger partial charge is 0.322 e. The molecule has 110 valence electrons. The predicted molar refractivity (Wildman–Crippen MR) is 84.0 cm³/mol. The fourth-order valence-corrected chi connectivity index (χ4v) is 3.19. The summed E-state index contributed by atoms with van der Waals surface area (Å²) >= 11 is 1.70. The fraction of sp³-hybridized carbons (Fsp3) is 0.600. The minimum atomic E-state index is -0.0493. The molecule has 0 saturated heterocycles. The van der Waals surface area contributed by atoms with Crippen molar-refractivity contribution in [3.63, 3.8) is 0 Å². The van der Waals surface area contributed by atoms with Crippen molar-refractivity contribution in [2.45, 2.75) is 52.0 Å². The van der Waals surface area contributed by atoms with Crippen LogP contribution in [0.3, 0.4) is 0 Å². The molecule has 0 aliphatic heterocycles. The molecule has 1 atom stereocenters. The van der Waals surface area contributed by atoms with Crippen LogP contribution in [0.2, 0.25) is 0 Å². The molecule has 0 aliphatic carbocycles. The zero-order chi connectivity index (χ0) is 14.9. The van der Waals surface area contributed by atoms with Gasteiger partial charge in [0.15, 0.2) is 0 Å². The highest BCUT2D eigenvalue weighted by atomic mass is 32.1. The lowest BCUT2D eigenvalue weighted by atomic mass is 9.93. The first-order chi connectivity index (χ1) is 9.31. The monoisotopic (exact) mass is 292 g/mol. The van der Waals surface area contributed by atoms with Crippen LogP contribution in [0, 0.1) is 0 Å². The van der Waals surface area contributed by atoms with E-state index < -0.39 is 0 Å². The molecule has 0 amide bonds. The summed E-state index contributed by atoms with van der Waals surface area (Å²) in [5.41, 5.74) is 9.73. The highest BCUT2D eigenvalue weighted by molar-refractivity contribution is 7.09. The van der Waals surface area contributed by atoms with E-state index in [1.54, 1.807) is 11.3 Å². The summed E-state index contributed by atoms with van der Waals surface area (Å²) in [6.45, 7) is 8.65. The molecule has 0 aliphatic rings. The van der Waals surface area contributed by atoms with Crippen LogP contribution in [-0.4, -0.2) is 14.8 Å². The van der Waals surface area contributed by atoms with Crippen LogP contribution in [0.25, 0.3) is 0 Å². The van der Waals surface area contributed by atoms with Crippen LogP contribution in [0.5, 0.6) is 0 Å². The molecule has 0 radical (unpaired) electrons. The number of rotatable bonds is 4. The SMILES string of the molecule is CCc1cc(C(N)Cc2nc(C(C)(C)C)cs2)n(C)n1. The van der Waals surface area contributed by atoms with E-state index in [1.165, 1.54) is 0 Å². The van der Waals surface area contributed by atoms with Crippen molar-refractivity contribution >= 4 is 11.3 Å². The molecule has 0 saturated carbocycles. The molecule has 1 unspecified atom stereocenters. The molecule has 5 heteroatoms. The number of thiazole rings is 1. The number of aromatic nitrogens is 3. The average Bonchev–Trinajstić information content (AvgIpc) is 2.94. The van der Waals surface area contributed by atoms with Crippen molar-refractivity contribution < 1.29 is 0 Å². The van der Waals surface area contributed by atoms with E-state index >= 15 is 0 Å². The van der Waals surface area contributed by atoms with Gasteiger partial charge in [-0.25, -0.2) is 4.98 Å². The van der Waals surface area contributed by atoms with E-state index in [2.05, 4.69) is 44.2 Å². The normalized spacial score (nSPS) is 13.7. The summed E-state index contributed by atoms with van der Waals surface area (Å²) < 4.78 is 1.89. The van der Waals surface area contributed by atoms with E-state index in [9.17, 15) is 0 Å². The van der Waals surface area contributed by atoms with E-state index in [4.69, 9.17) is 10.7 Å². The molecule has 2 N–H and O–H groups in total. The number of hydrogen-bond donors (Lipinski definition) is 1. The molecule has 4 nitrogen and oxygen atoms in total. The van der Waals surface area contributed by atoms with Gasteiger partial charge in [-0.1, -0.05) is 27.7 Å². The molecule has 2 aromatic rings. The highest BCUT2D eigenvalue weighted by Crippen LogP contribution is 2.26. The molecule has 2 rings (SSSR count). The molecule has 2 heterocycles. The van der Waals surface area contributed by atoms with Crippen LogP contribution < -0.4 is 5.73 Å². The van der Waals surface area contributed by atoms with Crippen molar-refractivity contribution in [1.29, 1.82) is 0 Å². The summed E-state index contributed by atoms with van der Waals surface area (Å²) in [6, 6.07) is 2.05. The number of aryl methyl sites for hydroxylation is 2. The Morgan fingerprint density at radius 1 is 1.40 bits per heavy atom. The molecular weight excluding hydrogens is 268 g/mol. The number of nitrogens with zero attached hydrogens (tertiary/aromatic N) is 3. The van der Waals surface area contributed by atoms with Gasteiger partial charge < -0.3 is 5.73 Å². The molecule has 0 fully saturated rings. The maximum absolute atomic E-state index is 6.32. The Kier molecular flexibility index (Phi) is 4.30. The van der Waals surface area contributed by atoms with Gasteiger partial charge in [0.2, 0.25) is 0 Å². The standard InChI is InChI=1S/C15H24N4S/c1-6-10-7-12(19(5)18-10)11(16)8-14-17-13(9-20-14)15(2,3)4/h7,9,11H,6,8,16H2,1-5H3. The molecule has 0 aromatic carbocycles. The Morgan fingerprint density at radius 3 is 2.60 bits per heavy atom. The fourth-order valence-electron chi connectivity index (χ4n) is 2.11. The second-order valence-electron chi connectivity index (χ2n) is 6.22. The van der Waals surface area contributed by atoms with Gasteiger partial charge in [-0.05, 0) is 12.5 Å². The Balaban J connectivity index is 2.13. The summed E-state index contributed by atoms with van der Waals surface area (Å²) in [5.74, 6) is 0. The highest BCUT2D eigenvalue weighted by Gasteiger charge is 2.19. The molecule has 0 bridgehead atoms. The van der Waals surface area contributed by atoms with E-state index in [-0.39, 0.29) is 11.5 Å². The van der Waals surface area contributed by atoms with Crippen molar-refractivity contribution in [3.05, 3.63) is 33.5 Å². The van der Waals surface area contributed by atoms with E-state index in [0.717, 1.165) is 34.9 Å². The Bertz CT molecular complexity index is 577. The lowest BCUT2D eigenvalue weighted by Crippen LogP contribution is -2.17. The van der Waals surface area contributed by atoms with Gasteiger partial charge >= 0.3 is 0 Å². The van der Waals surface area contributed by atoms with Gasteiger partial charge in [-0.3, -0.25) is 4.68 Å². The molecule has 2 aromatic heterocycles. The maximum atomic E-state index is 6.32. The number of hydrogen-bond acceptors (Lipinski definition) is 4. The van der Waals surface area contributed by atoms with Crippen LogP contribution in [-0.2, 0) is 25.3 Å². The summed E-state index contributed by atoms with van der Waals surface area (Å²) in [6.07, 6.45) is 1.70. The Morgan fingerprint density at radius 2 is 2.10 bits per heavy atom. The molecule has 20 heavy (non-hydrogen) atoms. The van der Waals surface area contributed by atoms with Crippen molar-refractivity contribution in [2.75, 3.05) is 0 Å². The lowest BCUT2D eigenvalue weighted by Gasteiger charge is -2.14. The topological polar surface area (TPSA) is 56.7 Å². The Hall–Kier alpha value is -1.20. The summed E-state index contributed by atoms with van der Waals surface area (Å²) in [4.78, 5) is 4.71. The third-order valence-electron chi connectivity index (χ3n) is 3.42. The van der Waals surface area contributed by atoms with Gasteiger partial charge in [0.05, 0.1) is 28.1 Å². The number of nitrogens with two attached hydrogens (primary N) is 1.